The van der Waals surface area contributed by atoms with Crippen LogP contribution in [0.1, 0.15) is 24.2 Å². The highest BCUT2D eigenvalue weighted by molar-refractivity contribution is 6.06. The second kappa shape index (κ2) is 5.20. The first-order valence-corrected chi connectivity index (χ1v) is 5.90. The fraction of sp³-hybridized carbons (Fsp3) is 0.308. The van der Waals surface area contributed by atoms with Crippen molar-refractivity contribution in [1.29, 1.82) is 0 Å². The predicted molar refractivity (Wildman–Crippen MR) is 70.0 cm³/mol. The van der Waals surface area contributed by atoms with E-state index >= 15 is 0 Å². The molecule has 0 aliphatic rings. The number of hydrogen-bond donors (Lipinski definition) is 0. The molecule has 0 aliphatic heterocycles. The van der Waals surface area contributed by atoms with Gasteiger partial charge in [0.2, 0.25) is 0 Å². The highest BCUT2D eigenvalue weighted by atomic mass is 16.6. The van der Waals surface area contributed by atoms with Crippen LogP contribution in [0.4, 0.5) is 5.69 Å². The fourth-order valence-corrected chi connectivity index (χ4v) is 1.77. The van der Waals surface area contributed by atoms with Crippen LogP contribution in [0.25, 0.3) is 11.0 Å². The Morgan fingerprint density at radius 1 is 1.40 bits per heavy atom. The maximum absolute atomic E-state index is 11.8. The van der Waals surface area contributed by atoms with E-state index in [9.17, 15) is 14.9 Å². The number of nitro benzene ring substituents is 1. The van der Waals surface area contributed by atoms with Crippen LogP contribution in [0.5, 0.6) is 5.95 Å². The Bertz CT molecular complexity index is 673. The van der Waals surface area contributed by atoms with Crippen LogP contribution in [0.2, 0.25) is 0 Å². The number of non-ortho nitro benzene ring substituents is 1. The van der Waals surface area contributed by atoms with Crippen molar-refractivity contribution in [3.63, 3.8) is 0 Å². The third kappa shape index (κ3) is 2.42. The first-order chi connectivity index (χ1) is 9.43. The molecule has 0 saturated heterocycles. The van der Waals surface area contributed by atoms with Crippen LogP contribution >= 0.6 is 0 Å². The van der Waals surface area contributed by atoms with E-state index in [4.69, 9.17) is 9.15 Å². The summed E-state index contributed by atoms with van der Waals surface area (Å²) in [5, 5.41) is 11.2. The molecule has 0 atom stereocenters. The Labute approximate surface area is 114 Å². The topological polar surface area (TPSA) is 91.8 Å². The number of carbonyl (C=O) groups excluding carboxylic acids is 1. The molecule has 0 radical (unpaired) electrons. The first kappa shape index (κ1) is 13.9. The number of ether oxygens (including phenoxy) is 2. The van der Waals surface area contributed by atoms with Crippen molar-refractivity contribution >= 4 is 22.6 Å². The largest absolute Gasteiger partial charge is 0.465 e. The summed E-state index contributed by atoms with van der Waals surface area (Å²) >= 11 is 0. The van der Waals surface area contributed by atoms with Crippen LogP contribution in [0.15, 0.2) is 22.6 Å². The van der Waals surface area contributed by atoms with Gasteiger partial charge in [-0.05, 0) is 19.9 Å². The lowest BCUT2D eigenvalue weighted by atomic mass is 10.1. The van der Waals surface area contributed by atoms with Gasteiger partial charge in [0.1, 0.15) is 5.58 Å². The summed E-state index contributed by atoms with van der Waals surface area (Å²) in [6.07, 6.45) is -0.214. The molecule has 7 nitrogen and oxygen atoms in total. The minimum absolute atomic E-state index is 0.00217. The highest BCUT2D eigenvalue weighted by Gasteiger charge is 2.25. The van der Waals surface area contributed by atoms with E-state index in [2.05, 4.69) is 4.74 Å². The van der Waals surface area contributed by atoms with Crippen LogP contribution < -0.4 is 4.74 Å². The van der Waals surface area contributed by atoms with Gasteiger partial charge in [0.25, 0.3) is 5.69 Å². The molecule has 2 rings (SSSR count). The number of methoxy groups -OCH3 is 1. The first-order valence-electron chi connectivity index (χ1n) is 5.90. The Morgan fingerprint density at radius 3 is 2.65 bits per heavy atom. The summed E-state index contributed by atoms with van der Waals surface area (Å²) in [7, 11) is 1.24. The maximum atomic E-state index is 11.8. The molecule has 1 heterocycles. The second-order valence-corrected chi connectivity index (χ2v) is 4.36. The standard InChI is InChI=1S/C13H13NO6/c1-7(2)19-13-11(12(15)18-3)9-5-4-8(14(16)17)6-10(9)20-13/h4-7H,1-3H3. The summed E-state index contributed by atoms with van der Waals surface area (Å²) in [4.78, 5) is 22.0. The van der Waals surface area contributed by atoms with E-state index in [0.717, 1.165) is 0 Å². The lowest BCUT2D eigenvalue weighted by molar-refractivity contribution is -0.384. The van der Waals surface area contributed by atoms with Gasteiger partial charge in [0.05, 0.1) is 24.2 Å². The Kier molecular flexibility index (Phi) is 3.60. The van der Waals surface area contributed by atoms with Gasteiger partial charge in [-0.1, -0.05) is 0 Å². The Morgan fingerprint density at radius 2 is 2.10 bits per heavy atom. The molecule has 0 spiro atoms. The number of hydrogen-bond acceptors (Lipinski definition) is 6. The molecule has 0 fully saturated rings. The zero-order chi connectivity index (χ0) is 14.9. The van der Waals surface area contributed by atoms with Gasteiger partial charge in [-0.3, -0.25) is 10.1 Å². The van der Waals surface area contributed by atoms with Crippen LogP contribution in [0.3, 0.4) is 0 Å². The number of esters is 1. The zero-order valence-corrected chi connectivity index (χ0v) is 11.2. The highest BCUT2D eigenvalue weighted by Crippen LogP contribution is 2.35. The van der Waals surface area contributed by atoms with Gasteiger partial charge in [0.15, 0.2) is 5.56 Å². The van der Waals surface area contributed by atoms with Crippen LogP contribution in [-0.2, 0) is 4.74 Å². The minimum atomic E-state index is -0.617. The SMILES string of the molecule is COC(=O)c1c(OC(C)C)oc2cc([N+](=O)[O-])ccc12. The number of nitrogens with zero attached hydrogens (tertiary/aromatic N) is 1. The van der Waals surface area contributed by atoms with Gasteiger partial charge in [-0.15, -0.1) is 0 Å². The fourth-order valence-electron chi connectivity index (χ4n) is 1.77. The van der Waals surface area contributed by atoms with Gasteiger partial charge >= 0.3 is 11.9 Å². The lowest BCUT2D eigenvalue weighted by Gasteiger charge is -2.07. The third-order valence-electron chi connectivity index (χ3n) is 2.58. The average molecular weight is 279 g/mol. The summed E-state index contributed by atoms with van der Waals surface area (Å²) in [5.41, 5.74) is 0.208. The normalized spacial score (nSPS) is 10.8. The molecule has 1 aromatic heterocycles. The van der Waals surface area contributed by atoms with Crippen molar-refractivity contribution in [2.24, 2.45) is 0 Å². The number of furan rings is 1. The van der Waals surface area contributed by atoms with Gasteiger partial charge in [-0.2, -0.15) is 0 Å². The van der Waals surface area contributed by atoms with Crippen molar-refractivity contribution in [2.45, 2.75) is 20.0 Å². The second-order valence-electron chi connectivity index (χ2n) is 4.36. The predicted octanol–water partition coefficient (Wildman–Crippen LogP) is 2.91. The molecule has 0 amide bonds. The molecule has 0 bridgehead atoms. The zero-order valence-electron chi connectivity index (χ0n) is 11.2. The number of carbonyl (C=O) groups is 1. The molecular weight excluding hydrogens is 266 g/mol. The van der Waals surface area contributed by atoms with Crippen molar-refractivity contribution < 1.29 is 23.6 Å². The van der Waals surface area contributed by atoms with Crippen molar-refractivity contribution in [2.75, 3.05) is 7.11 Å². The van der Waals surface area contributed by atoms with E-state index in [1.54, 1.807) is 13.8 Å². The summed E-state index contributed by atoms with van der Waals surface area (Å²) in [5.74, 6) is -0.615. The van der Waals surface area contributed by atoms with E-state index in [-0.39, 0.29) is 28.9 Å². The Balaban J connectivity index is 2.64. The van der Waals surface area contributed by atoms with Gasteiger partial charge in [-0.25, -0.2) is 4.79 Å². The van der Waals surface area contributed by atoms with E-state index < -0.39 is 10.9 Å². The monoisotopic (exact) mass is 279 g/mol. The van der Waals surface area contributed by atoms with Crippen molar-refractivity contribution in [3.05, 3.63) is 33.9 Å². The van der Waals surface area contributed by atoms with E-state index in [1.165, 1.54) is 25.3 Å². The molecule has 0 aliphatic carbocycles. The molecule has 7 heteroatoms. The lowest BCUT2D eigenvalue weighted by Crippen LogP contribution is -2.09. The molecule has 1 aromatic carbocycles. The summed E-state index contributed by atoms with van der Waals surface area (Å²) in [6.45, 7) is 3.55. The van der Waals surface area contributed by atoms with Crippen LogP contribution in [0, 0.1) is 10.1 Å². The molecule has 0 unspecified atom stereocenters. The minimum Gasteiger partial charge on any atom is -0.465 e. The van der Waals surface area contributed by atoms with Gasteiger partial charge < -0.3 is 13.9 Å². The third-order valence-corrected chi connectivity index (χ3v) is 2.58. The van der Waals surface area contributed by atoms with Crippen LogP contribution in [-0.4, -0.2) is 24.1 Å². The van der Waals surface area contributed by atoms with Crippen molar-refractivity contribution in [1.82, 2.24) is 0 Å². The number of rotatable bonds is 4. The molecule has 2 aromatic rings. The summed E-state index contributed by atoms with van der Waals surface area (Å²) in [6, 6.07) is 3.98. The smallest absolute Gasteiger partial charge is 0.345 e. The number of nitro groups is 1. The molecule has 106 valence electrons. The molecule has 0 N–H and O–H groups in total. The quantitative estimate of drug-likeness (QED) is 0.485. The van der Waals surface area contributed by atoms with E-state index in [1.807, 2.05) is 0 Å². The van der Waals surface area contributed by atoms with E-state index in [0.29, 0.717) is 5.39 Å². The van der Waals surface area contributed by atoms with Crippen molar-refractivity contribution in [3.8, 4) is 5.95 Å². The number of benzene rings is 1. The van der Waals surface area contributed by atoms with Gasteiger partial charge in [0, 0.05) is 11.5 Å². The molecule has 20 heavy (non-hydrogen) atoms. The Hall–Kier alpha value is -2.57. The average Bonchev–Trinajstić information content (AvgIpc) is 2.73. The molecular formula is C13H13NO6. The number of fused-ring (bicyclic) bond motifs is 1. The maximum Gasteiger partial charge on any atom is 0.345 e. The molecule has 0 saturated carbocycles. The summed E-state index contributed by atoms with van der Waals surface area (Å²) < 4.78 is 15.5.